The van der Waals surface area contributed by atoms with Crippen molar-refractivity contribution in [3.05, 3.63) is 0 Å². The largest absolute Gasteiger partial charge is 0.281 e. The molecule has 0 aromatic heterocycles. The highest BCUT2D eigenvalue weighted by Gasteiger charge is 2.33. The molecule has 0 saturated carbocycles. The maximum atomic E-state index is 12.1. The van der Waals surface area contributed by atoms with Crippen LogP contribution in [0.4, 0.5) is 0 Å². The van der Waals surface area contributed by atoms with E-state index in [9.17, 15) is 16.8 Å². The summed E-state index contributed by atoms with van der Waals surface area (Å²) in [5.74, 6) is 0. The minimum absolute atomic E-state index is 0.131. The highest BCUT2D eigenvalue weighted by Crippen LogP contribution is 2.21. The summed E-state index contributed by atoms with van der Waals surface area (Å²) in [6.45, 7) is 0.572. The van der Waals surface area contributed by atoms with Crippen LogP contribution in [0, 0.1) is 0 Å². The minimum Gasteiger partial charge on any atom is -0.214 e. The van der Waals surface area contributed by atoms with Crippen molar-refractivity contribution in [3.8, 4) is 0 Å². The van der Waals surface area contributed by atoms with Gasteiger partial charge in [0.1, 0.15) is 0 Å². The summed E-state index contributed by atoms with van der Waals surface area (Å²) >= 11 is 0. The van der Waals surface area contributed by atoms with E-state index in [1.807, 2.05) is 0 Å². The standard InChI is InChI=1S/C9H21N3O4S2/c1-11(2)18(15,16)12-7-5-4-6-9(12)8-10-17(3,13)14/h9-10H,4-8H2,1-3H3. The summed E-state index contributed by atoms with van der Waals surface area (Å²) in [6.07, 6.45) is 3.47. The minimum atomic E-state index is -3.48. The molecule has 0 bridgehead atoms. The van der Waals surface area contributed by atoms with Crippen LogP contribution < -0.4 is 4.72 Å². The van der Waals surface area contributed by atoms with Crippen LogP contribution in [0.15, 0.2) is 0 Å². The Morgan fingerprint density at radius 1 is 1.22 bits per heavy atom. The van der Waals surface area contributed by atoms with Crippen molar-refractivity contribution >= 4 is 20.2 Å². The van der Waals surface area contributed by atoms with Crippen LogP contribution in [0.1, 0.15) is 19.3 Å². The fraction of sp³-hybridized carbons (Fsp3) is 1.00. The molecule has 0 radical (unpaired) electrons. The van der Waals surface area contributed by atoms with Gasteiger partial charge in [-0.25, -0.2) is 13.1 Å². The third kappa shape index (κ3) is 4.16. The van der Waals surface area contributed by atoms with Gasteiger partial charge < -0.3 is 0 Å². The Bertz CT molecular complexity index is 472. The molecule has 1 aliphatic heterocycles. The molecule has 0 amide bonds. The fourth-order valence-corrected chi connectivity index (χ4v) is 3.77. The second-order valence-corrected chi connectivity index (χ2v) is 8.60. The molecule has 1 aliphatic rings. The summed E-state index contributed by atoms with van der Waals surface area (Å²) in [5, 5.41) is 0. The van der Waals surface area contributed by atoms with Crippen LogP contribution in [0.25, 0.3) is 0 Å². The molecule has 7 nitrogen and oxygen atoms in total. The molecule has 1 N–H and O–H groups in total. The first-order valence-corrected chi connectivity index (χ1v) is 9.07. The van der Waals surface area contributed by atoms with E-state index in [2.05, 4.69) is 4.72 Å². The molecule has 18 heavy (non-hydrogen) atoms. The molecule has 0 aromatic carbocycles. The average molecular weight is 299 g/mol. The Hall–Kier alpha value is -0.220. The maximum absolute atomic E-state index is 12.1. The number of piperidine rings is 1. The van der Waals surface area contributed by atoms with E-state index in [0.29, 0.717) is 13.0 Å². The van der Waals surface area contributed by atoms with Crippen LogP contribution in [-0.2, 0) is 20.2 Å². The first-order chi connectivity index (χ1) is 8.14. The van der Waals surface area contributed by atoms with Gasteiger partial charge in [0, 0.05) is 33.2 Å². The molecule has 1 fully saturated rings. The highest BCUT2D eigenvalue weighted by atomic mass is 32.2. The maximum Gasteiger partial charge on any atom is 0.281 e. The monoisotopic (exact) mass is 299 g/mol. The highest BCUT2D eigenvalue weighted by molar-refractivity contribution is 7.88. The summed E-state index contributed by atoms with van der Waals surface area (Å²) < 4.78 is 51.3. The lowest BCUT2D eigenvalue weighted by Gasteiger charge is -2.36. The van der Waals surface area contributed by atoms with Crippen LogP contribution in [0.5, 0.6) is 0 Å². The van der Waals surface area contributed by atoms with Crippen LogP contribution in [-0.4, -0.2) is 64.9 Å². The van der Waals surface area contributed by atoms with E-state index in [1.165, 1.54) is 18.4 Å². The normalized spacial score (nSPS) is 23.4. The van der Waals surface area contributed by atoms with E-state index < -0.39 is 20.2 Å². The zero-order valence-electron chi connectivity index (χ0n) is 11.0. The van der Waals surface area contributed by atoms with Crippen molar-refractivity contribution in [2.75, 3.05) is 33.4 Å². The molecule has 1 atom stereocenters. The third-order valence-electron chi connectivity index (χ3n) is 2.91. The number of nitrogens with one attached hydrogen (secondary N) is 1. The molecule has 1 rings (SSSR count). The van der Waals surface area contributed by atoms with E-state index in [4.69, 9.17) is 0 Å². The van der Waals surface area contributed by atoms with Crippen molar-refractivity contribution in [1.29, 1.82) is 0 Å². The van der Waals surface area contributed by atoms with Gasteiger partial charge in [-0.2, -0.15) is 17.0 Å². The van der Waals surface area contributed by atoms with E-state index in [-0.39, 0.29) is 12.6 Å². The second kappa shape index (κ2) is 5.83. The van der Waals surface area contributed by atoms with Gasteiger partial charge in [-0.15, -0.1) is 0 Å². The first-order valence-electron chi connectivity index (χ1n) is 5.78. The van der Waals surface area contributed by atoms with Crippen molar-refractivity contribution in [2.24, 2.45) is 0 Å². The van der Waals surface area contributed by atoms with Crippen molar-refractivity contribution in [3.63, 3.8) is 0 Å². The van der Waals surface area contributed by atoms with E-state index >= 15 is 0 Å². The van der Waals surface area contributed by atoms with Gasteiger partial charge in [0.2, 0.25) is 10.0 Å². The van der Waals surface area contributed by atoms with Crippen LogP contribution in [0.2, 0.25) is 0 Å². The fourth-order valence-electron chi connectivity index (χ4n) is 1.94. The van der Waals surface area contributed by atoms with Crippen LogP contribution >= 0.6 is 0 Å². The Labute approximate surface area is 109 Å². The Morgan fingerprint density at radius 2 is 1.83 bits per heavy atom. The molecule has 0 spiro atoms. The molecular weight excluding hydrogens is 278 g/mol. The first kappa shape index (κ1) is 15.8. The Kier molecular flexibility index (Phi) is 5.13. The Balaban J connectivity index is 2.81. The molecule has 1 heterocycles. The quantitative estimate of drug-likeness (QED) is 0.720. The number of hydrogen-bond acceptors (Lipinski definition) is 4. The second-order valence-electron chi connectivity index (χ2n) is 4.67. The lowest BCUT2D eigenvalue weighted by atomic mass is 10.1. The van der Waals surface area contributed by atoms with E-state index in [1.54, 1.807) is 0 Å². The van der Waals surface area contributed by atoms with Gasteiger partial charge in [-0.05, 0) is 12.8 Å². The molecule has 0 aliphatic carbocycles. The zero-order valence-corrected chi connectivity index (χ0v) is 12.6. The van der Waals surface area contributed by atoms with Gasteiger partial charge in [-0.3, -0.25) is 0 Å². The van der Waals surface area contributed by atoms with Gasteiger partial charge in [0.25, 0.3) is 10.2 Å². The van der Waals surface area contributed by atoms with Gasteiger partial charge in [0.05, 0.1) is 6.26 Å². The summed E-state index contributed by atoms with van der Waals surface area (Å²) in [4.78, 5) is 0. The lowest BCUT2D eigenvalue weighted by Crippen LogP contribution is -2.52. The van der Waals surface area contributed by atoms with Crippen molar-refractivity contribution < 1.29 is 16.8 Å². The van der Waals surface area contributed by atoms with Gasteiger partial charge in [-0.1, -0.05) is 6.42 Å². The smallest absolute Gasteiger partial charge is 0.214 e. The third-order valence-corrected chi connectivity index (χ3v) is 5.60. The lowest BCUT2D eigenvalue weighted by molar-refractivity contribution is 0.240. The van der Waals surface area contributed by atoms with Gasteiger partial charge in [0.15, 0.2) is 0 Å². The number of nitrogens with zero attached hydrogens (tertiary/aromatic N) is 2. The van der Waals surface area contributed by atoms with Gasteiger partial charge >= 0.3 is 0 Å². The average Bonchev–Trinajstić information content (AvgIpc) is 2.25. The molecule has 1 saturated heterocycles. The number of hydrogen-bond donors (Lipinski definition) is 1. The summed E-state index contributed by atoms with van der Waals surface area (Å²) in [7, 11) is -3.83. The SMILES string of the molecule is CN(C)S(=O)(=O)N1CCCCC1CNS(C)(=O)=O. The molecule has 0 aromatic rings. The zero-order chi connectivity index (χ0) is 14.0. The molecule has 9 heteroatoms. The van der Waals surface area contributed by atoms with Crippen LogP contribution in [0.3, 0.4) is 0 Å². The predicted octanol–water partition coefficient (Wildman–Crippen LogP) is -0.803. The predicted molar refractivity (Wildman–Crippen MR) is 69.8 cm³/mol. The Morgan fingerprint density at radius 3 is 2.33 bits per heavy atom. The topological polar surface area (TPSA) is 86.8 Å². The summed E-state index contributed by atoms with van der Waals surface area (Å²) in [6, 6.07) is -0.305. The summed E-state index contributed by atoms with van der Waals surface area (Å²) in [5.41, 5.74) is 0. The number of sulfonamides is 1. The van der Waals surface area contributed by atoms with E-state index in [0.717, 1.165) is 23.4 Å². The van der Waals surface area contributed by atoms with Crippen molar-refractivity contribution in [2.45, 2.75) is 25.3 Å². The van der Waals surface area contributed by atoms with Crippen molar-refractivity contribution in [1.82, 2.24) is 13.3 Å². The molecule has 1 unspecified atom stereocenters. The molecular formula is C9H21N3O4S2. The number of rotatable bonds is 5. The molecule has 108 valence electrons.